The quantitative estimate of drug-likeness (QED) is 0.712. The molecule has 15 heavy (non-hydrogen) atoms. The van der Waals surface area contributed by atoms with Crippen LogP contribution in [-0.4, -0.2) is 41.3 Å². The van der Waals surface area contributed by atoms with E-state index in [1.807, 2.05) is 0 Å². The Morgan fingerprint density at radius 2 is 1.87 bits per heavy atom. The van der Waals surface area contributed by atoms with E-state index in [1.54, 1.807) is 0 Å². The maximum absolute atomic E-state index is 9.54. The Bertz CT molecular complexity index is 216. The fraction of sp³-hybridized carbons (Fsp3) is 1.00. The summed E-state index contributed by atoms with van der Waals surface area (Å²) in [6.07, 6.45) is 3.67. The van der Waals surface area contributed by atoms with E-state index in [4.69, 9.17) is 5.73 Å². The van der Waals surface area contributed by atoms with E-state index in [2.05, 4.69) is 18.7 Å². The van der Waals surface area contributed by atoms with Crippen molar-refractivity contribution in [2.24, 2.45) is 17.6 Å². The summed E-state index contributed by atoms with van der Waals surface area (Å²) in [6.45, 7) is 6.81. The monoisotopic (exact) mass is 212 g/mol. The number of aliphatic hydroxyl groups is 1. The van der Waals surface area contributed by atoms with Crippen molar-refractivity contribution >= 4 is 0 Å². The van der Waals surface area contributed by atoms with Gasteiger partial charge in [0.15, 0.2) is 0 Å². The van der Waals surface area contributed by atoms with Crippen LogP contribution in [0.25, 0.3) is 0 Å². The molecule has 0 aromatic rings. The van der Waals surface area contributed by atoms with E-state index in [9.17, 15) is 5.11 Å². The first-order valence-corrected chi connectivity index (χ1v) is 6.21. The first-order valence-electron chi connectivity index (χ1n) is 6.21. The summed E-state index contributed by atoms with van der Waals surface area (Å²) in [7, 11) is 0. The summed E-state index contributed by atoms with van der Waals surface area (Å²) in [5.41, 5.74) is 6.11. The lowest BCUT2D eigenvalue weighted by Crippen LogP contribution is -2.67. The number of piperidine rings is 1. The van der Waals surface area contributed by atoms with Crippen LogP contribution >= 0.6 is 0 Å². The Kier molecular flexibility index (Phi) is 3.06. The van der Waals surface area contributed by atoms with E-state index in [0.29, 0.717) is 17.9 Å². The maximum Gasteiger partial charge on any atom is 0.0617 e. The molecule has 1 heterocycles. The molecule has 0 aromatic heterocycles. The Balaban J connectivity index is 2.15. The molecule has 1 aliphatic heterocycles. The molecule has 3 heteroatoms. The molecule has 1 saturated heterocycles. The molecular weight excluding hydrogens is 188 g/mol. The second-order valence-corrected chi connectivity index (χ2v) is 5.64. The van der Waals surface area contributed by atoms with Gasteiger partial charge in [-0.2, -0.15) is 0 Å². The lowest BCUT2D eigenvalue weighted by molar-refractivity contribution is -0.0393. The lowest BCUT2D eigenvalue weighted by atomic mass is 9.64. The van der Waals surface area contributed by atoms with Gasteiger partial charge in [-0.05, 0) is 38.5 Å². The van der Waals surface area contributed by atoms with Crippen molar-refractivity contribution in [2.45, 2.75) is 44.7 Å². The highest BCUT2D eigenvalue weighted by Gasteiger charge is 2.48. The molecule has 2 rings (SSSR count). The predicted octanol–water partition coefficient (Wildman–Crippen LogP) is 0.817. The summed E-state index contributed by atoms with van der Waals surface area (Å²) >= 11 is 0. The van der Waals surface area contributed by atoms with Crippen LogP contribution in [0.15, 0.2) is 0 Å². The number of likely N-dealkylation sites (tertiary alicyclic amines) is 1. The van der Waals surface area contributed by atoms with Gasteiger partial charge in [0.1, 0.15) is 0 Å². The zero-order chi connectivity index (χ0) is 11.1. The third-order valence-electron chi connectivity index (χ3n) is 4.54. The number of nitrogens with two attached hydrogens (primary N) is 1. The average Bonchev–Trinajstić information content (AvgIpc) is 2.16. The zero-order valence-corrected chi connectivity index (χ0v) is 9.95. The Morgan fingerprint density at radius 3 is 2.27 bits per heavy atom. The predicted molar refractivity (Wildman–Crippen MR) is 61.5 cm³/mol. The van der Waals surface area contributed by atoms with E-state index < -0.39 is 0 Å². The number of hydrogen-bond donors (Lipinski definition) is 2. The minimum absolute atomic E-state index is 0.161. The number of rotatable bonds is 2. The van der Waals surface area contributed by atoms with Crippen LogP contribution in [0.2, 0.25) is 0 Å². The van der Waals surface area contributed by atoms with Gasteiger partial charge in [-0.3, -0.25) is 0 Å². The summed E-state index contributed by atoms with van der Waals surface area (Å²) in [6, 6.07) is 0.608. The van der Waals surface area contributed by atoms with Gasteiger partial charge in [0, 0.05) is 24.7 Å². The van der Waals surface area contributed by atoms with Gasteiger partial charge in [-0.15, -0.1) is 0 Å². The molecule has 2 bridgehead atoms. The number of fused-ring (bicyclic) bond motifs is 2. The van der Waals surface area contributed by atoms with Gasteiger partial charge in [-0.25, -0.2) is 0 Å². The molecule has 0 radical (unpaired) electrons. The molecule has 3 nitrogen and oxygen atoms in total. The van der Waals surface area contributed by atoms with Crippen LogP contribution in [0.4, 0.5) is 0 Å². The van der Waals surface area contributed by atoms with E-state index in [1.165, 1.54) is 19.3 Å². The Hall–Kier alpha value is -0.120. The van der Waals surface area contributed by atoms with Crippen LogP contribution in [0.5, 0.6) is 0 Å². The number of nitrogens with zero attached hydrogens (tertiary/aromatic N) is 1. The highest BCUT2D eigenvalue weighted by Crippen LogP contribution is 2.41. The van der Waals surface area contributed by atoms with Gasteiger partial charge in [-0.1, -0.05) is 6.42 Å². The summed E-state index contributed by atoms with van der Waals surface area (Å²) < 4.78 is 0. The van der Waals surface area contributed by atoms with Crippen molar-refractivity contribution in [3.8, 4) is 0 Å². The third-order valence-corrected chi connectivity index (χ3v) is 4.54. The topological polar surface area (TPSA) is 49.5 Å². The van der Waals surface area contributed by atoms with E-state index in [0.717, 1.165) is 13.1 Å². The van der Waals surface area contributed by atoms with Gasteiger partial charge >= 0.3 is 0 Å². The van der Waals surface area contributed by atoms with Crippen LogP contribution in [-0.2, 0) is 0 Å². The summed E-state index contributed by atoms with van der Waals surface area (Å²) in [4.78, 5) is 2.52. The summed E-state index contributed by atoms with van der Waals surface area (Å²) in [5.74, 6) is 0.995. The standard InChI is InChI=1S/C12H24N2O/c1-9(2)14-6-10-4-3-5-11(7-14)12(10,13)8-15/h9-11,15H,3-8,13H2,1-2H3. The molecule has 88 valence electrons. The van der Waals surface area contributed by atoms with Crippen molar-refractivity contribution in [3.05, 3.63) is 0 Å². The molecule has 2 fully saturated rings. The minimum Gasteiger partial charge on any atom is -0.394 e. The highest BCUT2D eigenvalue weighted by molar-refractivity contribution is 5.05. The van der Waals surface area contributed by atoms with Crippen molar-refractivity contribution in [3.63, 3.8) is 0 Å². The van der Waals surface area contributed by atoms with Crippen molar-refractivity contribution in [2.75, 3.05) is 19.7 Å². The van der Waals surface area contributed by atoms with Crippen LogP contribution in [0.3, 0.4) is 0 Å². The fourth-order valence-electron chi connectivity index (χ4n) is 3.32. The number of aliphatic hydroxyl groups excluding tert-OH is 1. The largest absolute Gasteiger partial charge is 0.394 e. The Morgan fingerprint density at radius 1 is 1.33 bits per heavy atom. The van der Waals surface area contributed by atoms with Crippen LogP contribution in [0, 0.1) is 11.8 Å². The van der Waals surface area contributed by atoms with Crippen molar-refractivity contribution < 1.29 is 5.11 Å². The van der Waals surface area contributed by atoms with Gasteiger partial charge in [0.05, 0.1) is 6.61 Å². The lowest BCUT2D eigenvalue weighted by Gasteiger charge is -2.54. The molecular formula is C12H24N2O. The van der Waals surface area contributed by atoms with Crippen LogP contribution in [0.1, 0.15) is 33.1 Å². The fourth-order valence-corrected chi connectivity index (χ4v) is 3.32. The molecule has 3 N–H and O–H groups in total. The SMILES string of the molecule is CC(C)N1CC2CCCC(C1)C2(N)CO. The summed E-state index contributed by atoms with van der Waals surface area (Å²) in [5, 5.41) is 9.54. The van der Waals surface area contributed by atoms with E-state index in [-0.39, 0.29) is 12.1 Å². The van der Waals surface area contributed by atoms with Crippen molar-refractivity contribution in [1.82, 2.24) is 4.90 Å². The smallest absolute Gasteiger partial charge is 0.0617 e. The molecule has 2 aliphatic rings. The molecule has 1 saturated carbocycles. The molecule has 2 atom stereocenters. The molecule has 0 aromatic carbocycles. The molecule has 0 amide bonds. The third kappa shape index (κ3) is 1.81. The first kappa shape index (κ1) is 11.4. The zero-order valence-electron chi connectivity index (χ0n) is 9.95. The molecule has 2 unspecified atom stereocenters. The van der Waals surface area contributed by atoms with Gasteiger partial charge in [0.25, 0.3) is 0 Å². The Labute approximate surface area is 92.6 Å². The van der Waals surface area contributed by atoms with Gasteiger partial charge < -0.3 is 15.7 Å². The highest BCUT2D eigenvalue weighted by atomic mass is 16.3. The van der Waals surface area contributed by atoms with Gasteiger partial charge in [0.2, 0.25) is 0 Å². The maximum atomic E-state index is 9.54. The second-order valence-electron chi connectivity index (χ2n) is 5.64. The van der Waals surface area contributed by atoms with E-state index >= 15 is 0 Å². The number of hydrogen-bond acceptors (Lipinski definition) is 3. The minimum atomic E-state index is -0.288. The first-order chi connectivity index (χ1) is 7.08. The molecule has 1 aliphatic carbocycles. The normalized spacial score (nSPS) is 42.2. The average molecular weight is 212 g/mol. The molecule has 0 spiro atoms. The second kappa shape index (κ2) is 4.04. The van der Waals surface area contributed by atoms with Crippen LogP contribution < -0.4 is 5.73 Å². The van der Waals surface area contributed by atoms with Crippen molar-refractivity contribution in [1.29, 1.82) is 0 Å².